The summed E-state index contributed by atoms with van der Waals surface area (Å²) < 4.78 is 2.17. The van der Waals surface area contributed by atoms with Crippen molar-refractivity contribution < 1.29 is 4.79 Å². The molecule has 1 aliphatic heterocycles. The maximum absolute atomic E-state index is 12.8. The first-order valence-electron chi connectivity index (χ1n) is 7.75. The molecule has 0 bridgehead atoms. The molecule has 1 atom stereocenters. The molecule has 2 heterocycles. The standard InChI is InChI=1S/C16H27N3O/c1-12(2)9-19(10-13(3)4)16(20)14-5-6-18-11-17-8-15(18)7-14/h8,11-14H,5-7,9-10H2,1-4H3. The van der Waals surface area contributed by atoms with E-state index in [1.54, 1.807) is 0 Å². The lowest BCUT2D eigenvalue weighted by Crippen LogP contribution is -2.42. The number of aromatic nitrogens is 2. The highest BCUT2D eigenvalue weighted by molar-refractivity contribution is 5.79. The normalized spacial score (nSPS) is 18.4. The minimum atomic E-state index is 0.136. The van der Waals surface area contributed by atoms with Gasteiger partial charge < -0.3 is 9.47 Å². The van der Waals surface area contributed by atoms with Crippen LogP contribution in [0.2, 0.25) is 0 Å². The van der Waals surface area contributed by atoms with Gasteiger partial charge in [0, 0.05) is 43.9 Å². The number of hydrogen-bond donors (Lipinski definition) is 0. The number of aryl methyl sites for hydroxylation is 1. The van der Waals surface area contributed by atoms with Crippen LogP contribution in [0.1, 0.15) is 39.8 Å². The van der Waals surface area contributed by atoms with Gasteiger partial charge in [-0.3, -0.25) is 4.79 Å². The highest BCUT2D eigenvalue weighted by Crippen LogP contribution is 2.22. The van der Waals surface area contributed by atoms with Crippen LogP contribution in [0.3, 0.4) is 0 Å². The van der Waals surface area contributed by atoms with Gasteiger partial charge in [-0.25, -0.2) is 4.98 Å². The van der Waals surface area contributed by atoms with Crippen LogP contribution in [0.5, 0.6) is 0 Å². The number of carbonyl (C=O) groups is 1. The van der Waals surface area contributed by atoms with E-state index >= 15 is 0 Å². The van der Waals surface area contributed by atoms with Gasteiger partial charge in [0.25, 0.3) is 0 Å². The van der Waals surface area contributed by atoms with Crippen molar-refractivity contribution in [2.75, 3.05) is 13.1 Å². The number of rotatable bonds is 5. The molecule has 0 aliphatic carbocycles. The molecule has 1 aromatic rings. The molecule has 4 heteroatoms. The molecule has 1 amide bonds. The predicted molar refractivity (Wildman–Crippen MR) is 80.3 cm³/mol. The molecular weight excluding hydrogens is 250 g/mol. The lowest BCUT2D eigenvalue weighted by Gasteiger charge is -2.32. The lowest BCUT2D eigenvalue weighted by molar-refractivity contribution is -0.137. The van der Waals surface area contributed by atoms with E-state index in [1.165, 1.54) is 5.69 Å². The van der Waals surface area contributed by atoms with Gasteiger partial charge in [-0.15, -0.1) is 0 Å². The summed E-state index contributed by atoms with van der Waals surface area (Å²) in [6.07, 6.45) is 5.55. The van der Waals surface area contributed by atoms with Crippen LogP contribution in [0, 0.1) is 17.8 Å². The Morgan fingerprint density at radius 1 is 1.35 bits per heavy atom. The van der Waals surface area contributed by atoms with Gasteiger partial charge in [-0.2, -0.15) is 0 Å². The fraction of sp³-hybridized carbons (Fsp3) is 0.750. The summed E-state index contributed by atoms with van der Waals surface area (Å²) in [7, 11) is 0. The number of fused-ring (bicyclic) bond motifs is 1. The average Bonchev–Trinajstić information content (AvgIpc) is 2.83. The molecule has 20 heavy (non-hydrogen) atoms. The van der Waals surface area contributed by atoms with Gasteiger partial charge >= 0.3 is 0 Å². The van der Waals surface area contributed by atoms with Crippen molar-refractivity contribution in [2.24, 2.45) is 17.8 Å². The zero-order chi connectivity index (χ0) is 14.7. The molecule has 0 spiro atoms. The average molecular weight is 277 g/mol. The first kappa shape index (κ1) is 15.1. The van der Waals surface area contributed by atoms with Crippen LogP contribution in [0.4, 0.5) is 0 Å². The molecule has 0 radical (unpaired) electrons. The number of hydrogen-bond acceptors (Lipinski definition) is 2. The third kappa shape index (κ3) is 3.62. The number of amides is 1. The highest BCUT2D eigenvalue weighted by atomic mass is 16.2. The van der Waals surface area contributed by atoms with Crippen LogP contribution in [0.25, 0.3) is 0 Å². The quantitative estimate of drug-likeness (QED) is 0.829. The van der Waals surface area contributed by atoms with Gasteiger partial charge in [0.2, 0.25) is 5.91 Å². The fourth-order valence-electron chi connectivity index (χ4n) is 2.97. The molecule has 0 saturated heterocycles. The Morgan fingerprint density at radius 2 is 2.00 bits per heavy atom. The van der Waals surface area contributed by atoms with Crippen molar-refractivity contribution in [3.63, 3.8) is 0 Å². The summed E-state index contributed by atoms with van der Waals surface area (Å²) in [6.45, 7) is 11.4. The van der Waals surface area contributed by atoms with Crippen molar-refractivity contribution in [1.82, 2.24) is 14.5 Å². The summed E-state index contributed by atoms with van der Waals surface area (Å²) in [5, 5.41) is 0. The van der Waals surface area contributed by atoms with E-state index < -0.39 is 0 Å². The first-order valence-corrected chi connectivity index (χ1v) is 7.75. The Hall–Kier alpha value is -1.32. The summed E-state index contributed by atoms with van der Waals surface area (Å²) in [5.41, 5.74) is 1.20. The van der Waals surface area contributed by atoms with Crippen molar-refractivity contribution in [3.8, 4) is 0 Å². The van der Waals surface area contributed by atoms with E-state index in [-0.39, 0.29) is 5.92 Å². The molecule has 1 aliphatic rings. The monoisotopic (exact) mass is 277 g/mol. The summed E-state index contributed by atoms with van der Waals surface area (Å²) in [5.74, 6) is 1.51. The smallest absolute Gasteiger partial charge is 0.226 e. The lowest BCUT2D eigenvalue weighted by atomic mass is 9.94. The van der Waals surface area contributed by atoms with Crippen molar-refractivity contribution >= 4 is 5.91 Å². The van der Waals surface area contributed by atoms with Crippen LogP contribution in [-0.2, 0) is 17.8 Å². The van der Waals surface area contributed by atoms with Crippen LogP contribution in [-0.4, -0.2) is 33.4 Å². The number of imidazole rings is 1. The zero-order valence-corrected chi connectivity index (χ0v) is 13.2. The van der Waals surface area contributed by atoms with Crippen molar-refractivity contribution in [3.05, 3.63) is 18.2 Å². The van der Waals surface area contributed by atoms with Crippen LogP contribution in [0.15, 0.2) is 12.5 Å². The van der Waals surface area contributed by atoms with E-state index in [9.17, 15) is 4.79 Å². The molecule has 112 valence electrons. The minimum absolute atomic E-state index is 0.136. The second-order valence-corrected chi connectivity index (χ2v) is 6.80. The van der Waals surface area contributed by atoms with Gasteiger partial charge in [-0.1, -0.05) is 27.7 Å². The summed E-state index contributed by atoms with van der Waals surface area (Å²) in [6, 6.07) is 0. The first-order chi connectivity index (χ1) is 9.47. The predicted octanol–water partition coefficient (Wildman–Crippen LogP) is 2.59. The maximum Gasteiger partial charge on any atom is 0.226 e. The van der Waals surface area contributed by atoms with Crippen molar-refractivity contribution in [1.29, 1.82) is 0 Å². The third-order valence-electron chi connectivity index (χ3n) is 3.80. The molecular formula is C16H27N3O. The van der Waals surface area contributed by atoms with Crippen LogP contribution < -0.4 is 0 Å². The Balaban J connectivity index is 2.04. The third-order valence-corrected chi connectivity index (χ3v) is 3.80. The molecule has 4 nitrogen and oxygen atoms in total. The fourth-order valence-corrected chi connectivity index (χ4v) is 2.97. The Morgan fingerprint density at radius 3 is 2.60 bits per heavy atom. The summed E-state index contributed by atoms with van der Waals surface area (Å²) in [4.78, 5) is 19.0. The second-order valence-electron chi connectivity index (χ2n) is 6.80. The highest BCUT2D eigenvalue weighted by Gasteiger charge is 2.29. The number of carbonyl (C=O) groups excluding carboxylic acids is 1. The number of nitrogens with zero attached hydrogens (tertiary/aromatic N) is 3. The molecule has 0 saturated carbocycles. The molecule has 0 N–H and O–H groups in total. The molecule has 0 fully saturated rings. The zero-order valence-electron chi connectivity index (χ0n) is 13.2. The maximum atomic E-state index is 12.8. The van der Waals surface area contributed by atoms with E-state index in [2.05, 4.69) is 42.1 Å². The Kier molecular flexibility index (Phi) is 4.84. The Bertz CT molecular complexity index is 440. The van der Waals surface area contributed by atoms with Gasteiger partial charge in [-0.05, 0) is 18.3 Å². The van der Waals surface area contributed by atoms with Gasteiger partial charge in [0.15, 0.2) is 0 Å². The van der Waals surface area contributed by atoms with Gasteiger partial charge in [0.05, 0.1) is 6.33 Å². The second kappa shape index (κ2) is 6.42. The van der Waals surface area contributed by atoms with E-state index in [0.717, 1.165) is 32.5 Å². The molecule has 2 rings (SSSR count). The van der Waals surface area contributed by atoms with E-state index in [4.69, 9.17) is 0 Å². The van der Waals surface area contributed by atoms with Crippen molar-refractivity contribution in [2.45, 2.75) is 47.1 Å². The van der Waals surface area contributed by atoms with Crippen LogP contribution >= 0.6 is 0 Å². The largest absolute Gasteiger partial charge is 0.342 e. The Labute approximate surface area is 122 Å². The SMILES string of the molecule is CC(C)CN(CC(C)C)C(=O)C1CCn2cncc2C1. The summed E-state index contributed by atoms with van der Waals surface area (Å²) >= 11 is 0. The molecule has 1 unspecified atom stereocenters. The van der Waals surface area contributed by atoms with Gasteiger partial charge in [0.1, 0.15) is 0 Å². The van der Waals surface area contributed by atoms with E-state index in [1.807, 2.05) is 12.5 Å². The molecule has 1 aromatic heterocycles. The van der Waals surface area contributed by atoms with E-state index in [0.29, 0.717) is 17.7 Å². The molecule has 0 aromatic carbocycles. The minimum Gasteiger partial charge on any atom is -0.342 e. The topological polar surface area (TPSA) is 38.1 Å².